The zero-order valence-electron chi connectivity index (χ0n) is 16.0. The number of hydrogen-bond donors (Lipinski definition) is 2. The van der Waals surface area contributed by atoms with E-state index in [1.165, 1.54) is 0 Å². The first-order valence-electron chi connectivity index (χ1n) is 9.66. The van der Waals surface area contributed by atoms with Crippen LogP contribution in [0.5, 0.6) is 0 Å². The molecule has 2 atom stereocenters. The van der Waals surface area contributed by atoms with E-state index in [0.29, 0.717) is 22.7 Å². The average molecular weight is 400 g/mol. The monoisotopic (exact) mass is 399 g/mol. The molecule has 1 fully saturated rings. The Morgan fingerprint density at radius 2 is 1.96 bits per heavy atom. The normalized spacial score (nSPS) is 17.8. The highest BCUT2D eigenvalue weighted by Gasteiger charge is 2.25. The summed E-state index contributed by atoms with van der Waals surface area (Å²) in [6.07, 6.45) is 3.62. The summed E-state index contributed by atoms with van der Waals surface area (Å²) in [5.41, 5.74) is 8.01. The fourth-order valence-electron chi connectivity index (χ4n) is 3.52. The summed E-state index contributed by atoms with van der Waals surface area (Å²) < 4.78 is 0. The Morgan fingerprint density at radius 3 is 2.64 bits per heavy atom. The minimum atomic E-state index is -0.670. The lowest BCUT2D eigenvalue weighted by Gasteiger charge is -2.33. The molecule has 0 saturated carbocycles. The molecule has 1 aliphatic rings. The molecule has 3 rings (SSSR count). The van der Waals surface area contributed by atoms with E-state index in [0.717, 1.165) is 31.4 Å². The third-order valence-corrected chi connectivity index (χ3v) is 5.48. The molecule has 28 heavy (non-hydrogen) atoms. The van der Waals surface area contributed by atoms with Crippen LogP contribution in [0.4, 0.5) is 5.69 Å². The van der Waals surface area contributed by atoms with E-state index in [9.17, 15) is 9.59 Å². The second kappa shape index (κ2) is 9.22. The second-order valence-corrected chi connectivity index (χ2v) is 7.73. The number of benzene rings is 2. The molecule has 5 nitrogen and oxygen atoms in total. The van der Waals surface area contributed by atoms with Crippen molar-refractivity contribution in [2.45, 2.75) is 44.7 Å². The first kappa shape index (κ1) is 20.4. The summed E-state index contributed by atoms with van der Waals surface area (Å²) in [5, 5.41) is 3.11. The predicted molar refractivity (Wildman–Crippen MR) is 113 cm³/mol. The summed E-state index contributed by atoms with van der Waals surface area (Å²) in [5.74, 6) is -0.348. The topological polar surface area (TPSA) is 75.4 Å². The van der Waals surface area contributed by atoms with Crippen LogP contribution in [0, 0.1) is 0 Å². The third-order valence-electron chi connectivity index (χ3n) is 5.17. The highest BCUT2D eigenvalue weighted by molar-refractivity contribution is 6.34. The average Bonchev–Trinajstić information content (AvgIpc) is 2.68. The van der Waals surface area contributed by atoms with Crippen molar-refractivity contribution in [2.75, 3.05) is 11.9 Å². The van der Waals surface area contributed by atoms with Crippen molar-refractivity contribution in [3.63, 3.8) is 0 Å². The van der Waals surface area contributed by atoms with E-state index < -0.39 is 6.04 Å². The van der Waals surface area contributed by atoms with Gasteiger partial charge in [-0.25, -0.2) is 0 Å². The second-order valence-electron chi connectivity index (χ2n) is 7.32. The smallest absolute Gasteiger partial charge is 0.255 e. The van der Waals surface area contributed by atoms with Crippen molar-refractivity contribution in [1.29, 1.82) is 0 Å². The van der Waals surface area contributed by atoms with Gasteiger partial charge < -0.3 is 16.0 Å². The van der Waals surface area contributed by atoms with E-state index in [1.807, 2.05) is 35.2 Å². The van der Waals surface area contributed by atoms with Crippen LogP contribution >= 0.6 is 11.6 Å². The molecule has 0 spiro atoms. The summed E-state index contributed by atoms with van der Waals surface area (Å²) in [6.45, 7) is 2.82. The van der Waals surface area contributed by atoms with Gasteiger partial charge in [0.2, 0.25) is 5.91 Å². The maximum atomic E-state index is 12.8. The van der Waals surface area contributed by atoms with E-state index >= 15 is 0 Å². The van der Waals surface area contributed by atoms with Crippen molar-refractivity contribution >= 4 is 29.1 Å². The number of halogens is 1. The number of nitrogens with two attached hydrogens (primary N) is 1. The highest BCUT2D eigenvalue weighted by Crippen LogP contribution is 2.26. The first-order chi connectivity index (χ1) is 13.5. The lowest BCUT2D eigenvalue weighted by Crippen LogP contribution is -2.42. The van der Waals surface area contributed by atoms with Gasteiger partial charge in [0.15, 0.2) is 0 Å². The van der Waals surface area contributed by atoms with Gasteiger partial charge in [0.05, 0.1) is 16.6 Å². The van der Waals surface area contributed by atoms with E-state index in [2.05, 4.69) is 12.2 Å². The van der Waals surface area contributed by atoms with E-state index in [4.69, 9.17) is 17.3 Å². The summed E-state index contributed by atoms with van der Waals surface area (Å²) in [4.78, 5) is 27.1. The quantitative estimate of drug-likeness (QED) is 0.801. The van der Waals surface area contributed by atoms with Gasteiger partial charge in [-0.1, -0.05) is 41.9 Å². The van der Waals surface area contributed by atoms with Gasteiger partial charge in [0.1, 0.15) is 0 Å². The van der Waals surface area contributed by atoms with Crippen LogP contribution in [0.1, 0.15) is 42.1 Å². The molecule has 1 unspecified atom stereocenters. The largest absolute Gasteiger partial charge is 0.336 e. The van der Waals surface area contributed by atoms with E-state index in [1.54, 1.807) is 18.2 Å². The van der Waals surface area contributed by atoms with Gasteiger partial charge in [-0.2, -0.15) is 0 Å². The van der Waals surface area contributed by atoms with Gasteiger partial charge in [-0.05, 0) is 56.4 Å². The van der Waals surface area contributed by atoms with Crippen molar-refractivity contribution in [2.24, 2.45) is 5.73 Å². The van der Waals surface area contributed by atoms with Crippen LogP contribution in [-0.4, -0.2) is 35.3 Å². The molecule has 3 N–H and O–H groups in total. The van der Waals surface area contributed by atoms with Crippen LogP contribution in [-0.2, 0) is 11.2 Å². The van der Waals surface area contributed by atoms with Crippen molar-refractivity contribution < 1.29 is 9.59 Å². The number of nitrogens with one attached hydrogen (secondary N) is 1. The summed E-state index contributed by atoms with van der Waals surface area (Å²) >= 11 is 6.35. The zero-order chi connectivity index (χ0) is 20.1. The lowest BCUT2D eigenvalue weighted by molar-refractivity contribution is -0.117. The molecule has 1 heterocycles. The molecule has 1 saturated heterocycles. The number of anilines is 1. The Hall–Kier alpha value is -2.37. The van der Waals surface area contributed by atoms with Crippen molar-refractivity contribution in [3.05, 3.63) is 64.7 Å². The van der Waals surface area contributed by atoms with Crippen molar-refractivity contribution in [3.8, 4) is 0 Å². The molecule has 2 aromatic rings. The fourth-order valence-corrected chi connectivity index (χ4v) is 3.78. The molecular formula is C22H26ClN3O2. The molecule has 0 aromatic heterocycles. The Bertz CT molecular complexity index is 841. The summed E-state index contributed by atoms with van der Waals surface area (Å²) in [6, 6.07) is 14.1. The molecule has 0 bridgehead atoms. The number of nitrogens with zero attached hydrogens (tertiary/aromatic N) is 1. The van der Waals surface area contributed by atoms with Gasteiger partial charge in [-0.15, -0.1) is 0 Å². The molecular weight excluding hydrogens is 374 g/mol. The van der Waals surface area contributed by atoms with Crippen LogP contribution in [0.2, 0.25) is 5.02 Å². The predicted octanol–water partition coefficient (Wildman–Crippen LogP) is 3.86. The molecule has 2 amide bonds. The number of rotatable bonds is 5. The number of piperidine rings is 1. The fraction of sp³-hybridized carbons (Fsp3) is 0.364. The molecule has 6 heteroatoms. The zero-order valence-corrected chi connectivity index (χ0v) is 16.8. The minimum absolute atomic E-state index is 0.0594. The maximum Gasteiger partial charge on any atom is 0.255 e. The van der Waals surface area contributed by atoms with Gasteiger partial charge in [0, 0.05) is 18.3 Å². The Labute approximate surface area is 170 Å². The van der Waals surface area contributed by atoms with Crippen LogP contribution < -0.4 is 11.1 Å². The molecule has 148 valence electrons. The molecule has 0 aliphatic carbocycles. The number of hydrogen-bond acceptors (Lipinski definition) is 3. The van der Waals surface area contributed by atoms with Gasteiger partial charge in [-0.3, -0.25) is 9.59 Å². The molecule has 0 radical (unpaired) electrons. The Kier molecular flexibility index (Phi) is 6.70. The van der Waals surface area contributed by atoms with Gasteiger partial charge >= 0.3 is 0 Å². The van der Waals surface area contributed by atoms with Crippen LogP contribution in [0.3, 0.4) is 0 Å². The minimum Gasteiger partial charge on any atom is -0.336 e. The van der Waals surface area contributed by atoms with Crippen LogP contribution in [0.25, 0.3) is 0 Å². The van der Waals surface area contributed by atoms with E-state index in [-0.39, 0.29) is 17.9 Å². The van der Waals surface area contributed by atoms with Crippen LogP contribution in [0.15, 0.2) is 48.5 Å². The number of carbonyl (C=O) groups is 2. The lowest BCUT2D eigenvalue weighted by atomic mass is 10.0. The molecule has 1 aliphatic heterocycles. The van der Waals surface area contributed by atoms with Crippen molar-refractivity contribution in [1.82, 2.24) is 4.90 Å². The maximum absolute atomic E-state index is 12.8. The summed E-state index contributed by atoms with van der Waals surface area (Å²) in [7, 11) is 0. The Morgan fingerprint density at radius 1 is 1.21 bits per heavy atom. The Balaban J connectivity index is 1.65. The number of amides is 2. The first-order valence-corrected chi connectivity index (χ1v) is 10.0. The third kappa shape index (κ3) is 4.91. The SMILES string of the molecule is CC1CCCCN1C(=O)c1ccc(NC(=O)[C@@H](N)Cc2ccccc2)cc1Cl. The standard InChI is InChI=1S/C22H26ClN3O2/c1-15-7-5-6-12-26(15)22(28)18-11-10-17(14-19(18)23)25-21(27)20(24)13-16-8-3-2-4-9-16/h2-4,8-11,14-15,20H,5-7,12-13,24H2,1H3,(H,25,27)/t15?,20-/m0/s1. The molecule has 2 aromatic carbocycles. The van der Waals surface area contributed by atoms with Gasteiger partial charge in [0.25, 0.3) is 5.91 Å². The number of likely N-dealkylation sites (tertiary alicyclic amines) is 1. The number of carbonyl (C=O) groups excluding carboxylic acids is 2. The highest BCUT2D eigenvalue weighted by atomic mass is 35.5.